The van der Waals surface area contributed by atoms with Gasteiger partial charge in [0.25, 0.3) is 0 Å². The van der Waals surface area contributed by atoms with E-state index in [0.29, 0.717) is 9.37 Å². The van der Waals surface area contributed by atoms with Crippen LogP contribution in [-0.2, 0) is 23.8 Å². The highest BCUT2D eigenvalue weighted by molar-refractivity contribution is 9.10. The van der Waals surface area contributed by atoms with Crippen molar-refractivity contribution < 1.29 is 28.2 Å². The van der Waals surface area contributed by atoms with Crippen molar-refractivity contribution in [1.82, 2.24) is 0 Å². The smallest absolute Gasteiger partial charge is 0.303 e. The predicted octanol–water partition coefficient (Wildman–Crippen LogP) is 4.22. The maximum absolute atomic E-state index is 14.2. The van der Waals surface area contributed by atoms with E-state index in [2.05, 4.69) is 26.0 Å². The zero-order chi connectivity index (χ0) is 20.8. The fraction of sp³-hybridized carbons (Fsp3) is 0.529. The molecule has 28 heavy (non-hydrogen) atoms. The molecule has 1 aromatic rings. The largest absolute Gasteiger partial charge is 0.463 e. The van der Waals surface area contributed by atoms with Crippen LogP contribution in [0.2, 0.25) is 0 Å². The van der Waals surface area contributed by atoms with Crippen molar-refractivity contribution in [2.75, 3.05) is 6.61 Å². The van der Waals surface area contributed by atoms with E-state index in [1.807, 2.05) is 0 Å². The van der Waals surface area contributed by atoms with Gasteiger partial charge in [-0.15, -0.1) is 0 Å². The summed E-state index contributed by atoms with van der Waals surface area (Å²) < 4.78 is 31.2. The molecule has 1 fully saturated rings. The van der Waals surface area contributed by atoms with Crippen molar-refractivity contribution in [3.63, 3.8) is 0 Å². The van der Waals surface area contributed by atoms with Crippen LogP contribution in [0, 0.1) is 11.7 Å². The lowest BCUT2D eigenvalue weighted by Gasteiger charge is -2.43. The van der Waals surface area contributed by atoms with Gasteiger partial charge in [0.15, 0.2) is 0 Å². The molecule has 0 bridgehead atoms. The van der Waals surface area contributed by atoms with Crippen LogP contribution in [0.3, 0.4) is 0 Å². The number of hydrogen-bond donors (Lipinski definition) is 0. The van der Waals surface area contributed by atoms with Crippen LogP contribution in [0.25, 0.3) is 10.4 Å². The topological polar surface area (TPSA) is 111 Å². The van der Waals surface area contributed by atoms with Gasteiger partial charge in [-0.2, -0.15) is 0 Å². The Kier molecular flexibility index (Phi) is 8.11. The number of thioether (sulfide) groups is 1. The predicted molar refractivity (Wildman–Crippen MR) is 103 cm³/mol. The summed E-state index contributed by atoms with van der Waals surface area (Å²) in [6.07, 6.45) is -1.81. The van der Waals surface area contributed by atoms with Crippen LogP contribution in [0.5, 0.6) is 0 Å². The van der Waals surface area contributed by atoms with E-state index in [1.165, 1.54) is 19.9 Å². The van der Waals surface area contributed by atoms with Gasteiger partial charge in [-0.1, -0.05) is 39.7 Å². The van der Waals surface area contributed by atoms with Crippen LogP contribution < -0.4 is 0 Å². The molecule has 152 valence electrons. The van der Waals surface area contributed by atoms with Gasteiger partial charge in [-0.3, -0.25) is 9.59 Å². The number of azide groups is 1. The van der Waals surface area contributed by atoms with Crippen molar-refractivity contribution in [3.05, 3.63) is 38.9 Å². The first-order valence-electron chi connectivity index (χ1n) is 8.35. The first kappa shape index (κ1) is 22.5. The standard InChI is InChI=1S/C17H19BrFN3O5S/c1-8-15(21-22-20)16(26-10(3)24)13(7-25-9(2)23)27-17(8)28-14-6-11(18)4-5-12(14)19/h4-6,8,13,15-17H,7H2,1-3H3/t8?,13?,15-,16+,17-/m1/s1. The quantitative estimate of drug-likeness (QED) is 0.263. The molecular formula is C17H19BrFN3O5S. The van der Waals surface area contributed by atoms with Gasteiger partial charge >= 0.3 is 11.9 Å². The van der Waals surface area contributed by atoms with Gasteiger partial charge in [0, 0.05) is 34.0 Å². The van der Waals surface area contributed by atoms with Gasteiger partial charge in [-0.25, -0.2) is 4.39 Å². The zero-order valence-electron chi connectivity index (χ0n) is 15.4. The number of rotatable bonds is 6. The minimum atomic E-state index is -0.938. The molecule has 1 aromatic carbocycles. The van der Waals surface area contributed by atoms with E-state index in [4.69, 9.17) is 19.7 Å². The highest BCUT2D eigenvalue weighted by Crippen LogP contribution is 2.40. The Labute approximate surface area is 173 Å². The van der Waals surface area contributed by atoms with Gasteiger partial charge in [0.05, 0.1) is 6.04 Å². The number of benzene rings is 1. The van der Waals surface area contributed by atoms with E-state index < -0.39 is 47.4 Å². The van der Waals surface area contributed by atoms with E-state index in [9.17, 15) is 14.0 Å². The number of hydrogen-bond acceptors (Lipinski definition) is 7. The molecule has 0 aliphatic carbocycles. The first-order valence-corrected chi connectivity index (χ1v) is 10.0. The third-order valence-electron chi connectivity index (χ3n) is 4.05. The van der Waals surface area contributed by atoms with E-state index in [1.54, 1.807) is 19.1 Å². The van der Waals surface area contributed by atoms with Gasteiger partial charge in [0.2, 0.25) is 0 Å². The molecule has 0 amide bonds. The summed E-state index contributed by atoms with van der Waals surface area (Å²) in [5, 5.41) is 3.77. The molecule has 0 saturated carbocycles. The van der Waals surface area contributed by atoms with Crippen molar-refractivity contribution in [3.8, 4) is 0 Å². The van der Waals surface area contributed by atoms with Crippen LogP contribution in [-0.4, -0.2) is 42.2 Å². The molecule has 0 N–H and O–H groups in total. The molecule has 8 nitrogen and oxygen atoms in total. The Morgan fingerprint density at radius 3 is 2.71 bits per heavy atom. The van der Waals surface area contributed by atoms with Crippen molar-refractivity contribution in [1.29, 1.82) is 0 Å². The van der Waals surface area contributed by atoms with Crippen molar-refractivity contribution in [2.24, 2.45) is 11.0 Å². The second-order valence-corrected chi connectivity index (χ2v) is 8.22. The molecule has 1 saturated heterocycles. The van der Waals surface area contributed by atoms with Gasteiger partial charge in [-0.05, 0) is 23.7 Å². The molecule has 2 rings (SSSR count). The molecule has 1 aliphatic rings. The molecule has 0 spiro atoms. The number of carbonyl (C=O) groups is 2. The Bertz CT molecular complexity index is 792. The Balaban J connectivity index is 2.33. The molecule has 0 radical (unpaired) electrons. The molecule has 0 aromatic heterocycles. The molecule has 1 heterocycles. The van der Waals surface area contributed by atoms with Crippen LogP contribution >= 0.6 is 27.7 Å². The Morgan fingerprint density at radius 1 is 1.39 bits per heavy atom. The number of ether oxygens (including phenoxy) is 3. The number of nitrogens with zero attached hydrogens (tertiary/aromatic N) is 3. The molecule has 5 atom stereocenters. The average molecular weight is 476 g/mol. The van der Waals surface area contributed by atoms with Gasteiger partial charge in [0.1, 0.15) is 30.1 Å². The third-order valence-corrected chi connectivity index (χ3v) is 5.89. The summed E-state index contributed by atoms with van der Waals surface area (Å²) >= 11 is 4.41. The summed E-state index contributed by atoms with van der Waals surface area (Å²) in [4.78, 5) is 25.9. The SMILES string of the molecule is CC(=O)OCC1O[C@H](Sc2cc(Br)ccc2F)C(C)[C@@H](N=[N+]=[N-])[C@H]1OC(C)=O. The lowest BCUT2D eigenvalue weighted by Crippen LogP contribution is -2.55. The van der Waals surface area contributed by atoms with E-state index >= 15 is 0 Å². The average Bonchev–Trinajstić information content (AvgIpc) is 2.61. The maximum Gasteiger partial charge on any atom is 0.303 e. The van der Waals surface area contributed by atoms with Crippen LogP contribution in [0.15, 0.2) is 32.7 Å². The summed E-state index contributed by atoms with van der Waals surface area (Å²) in [5.41, 5.74) is 8.34. The minimum absolute atomic E-state index is 0.199. The number of esters is 2. The van der Waals surface area contributed by atoms with Crippen LogP contribution in [0.1, 0.15) is 20.8 Å². The molecule has 2 unspecified atom stereocenters. The zero-order valence-corrected chi connectivity index (χ0v) is 17.8. The normalized spacial score (nSPS) is 26.8. The van der Waals surface area contributed by atoms with E-state index in [0.717, 1.165) is 11.8 Å². The third kappa shape index (κ3) is 5.84. The minimum Gasteiger partial charge on any atom is -0.463 e. The fourth-order valence-corrected chi connectivity index (χ4v) is 4.50. The van der Waals surface area contributed by atoms with Crippen molar-refractivity contribution >= 4 is 39.6 Å². The monoisotopic (exact) mass is 475 g/mol. The molecular weight excluding hydrogens is 457 g/mol. The molecule has 1 aliphatic heterocycles. The van der Waals surface area contributed by atoms with Crippen molar-refractivity contribution in [2.45, 2.75) is 49.4 Å². The summed E-state index contributed by atoms with van der Waals surface area (Å²) in [6, 6.07) is 3.73. The Morgan fingerprint density at radius 2 is 2.11 bits per heavy atom. The lowest BCUT2D eigenvalue weighted by atomic mass is 9.91. The van der Waals surface area contributed by atoms with Gasteiger partial charge < -0.3 is 14.2 Å². The second kappa shape index (κ2) is 10.1. The lowest BCUT2D eigenvalue weighted by molar-refractivity contribution is -0.182. The summed E-state index contributed by atoms with van der Waals surface area (Å²) in [6.45, 7) is 4.01. The number of carbonyl (C=O) groups excluding carboxylic acids is 2. The second-order valence-electron chi connectivity index (χ2n) is 6.17. The Hall–Kier alpha value is -1.81. The maximum atomic E-state index is 14.2. The highest BCUT2D eigenvalue weighted by atomic mass is 79.9. The molecule has 11 heteroatoms. The van der Waals surface area contributed by atoms with Crippen LogP contribution in [0.4, 0.5) is 4.39 Å². The van der Waals surface area contributed by atoms with E-state index in [-0.39, 0.29) is 6.61 Å². The number of halogens is 2. The fourth-order valence-electron chi connectivity index (χ4n) is 2.78. The highest BCUT2D eigenvalue weighted by Gasteiger charge is 2.46. The first-order chi connectivity index (χ1) is 13.2. The summed E-state index contributed by atoms with van der Waals surface area (Å²) in [5.74, 6) is -1.97. The summed E-state index contributed by atoms with van der Waals surface area (Å²) in [7, 11) is 0.